The Morgan fingerprint density at radius 3 is 2.80 bits per heavy atom. The maximum absolute atomic E-state index is 11.9. The molecule has 7 nitrogen and oxygen atoms in total. The Morgan fingerprint density at radius 1 is 1.50 bits per heavy atom. The summed E-state index contributed by atoms with van der Waals surface area (Å²) in [5, 5.41) is 14.7. The molecule has 7 heteroatoms. The third-order valence-corrected chi connectivity index (χ3v) is 3.17. The Morgan fingerprint density at radius 2 is 2.20 bits per heavy atom. The van der Waals surface area contributed by atoms with Gasteiger partial charge in [0.2, 0.25) is 0 Å². The molecule has 0 aromatic heterocycles. The lowest BCUT2D eigenvalue weighted by Crippen LogP contribution is -2.50. The summed E-state index contributed by atoms with van der Waals surface area (Å²) in [4.78, 5) is 23.6. The Bertz CT molecular complexity index is 489. The molecule has 1 radical (unpaired) electrons. The van der Waals surface area contributed by atoms with Gasteiger partial charge in [0.05, 0.1) is 4.92 Å². The van der Waals surface area contributed by atoms with E-state index in [0.29, 0.717) is 19.6 Å². The molecule has 0 saturated carbocycles. The highest BCUT2D eigenvalue weighted by atomic mass is 16.6. The van der Waals surface area contributed by atoms with Crippen LogP contribution in [0.1, 0.15) is 12.5 Å². The van der Waals surface area contributed by atoms with Crippen LogP contribution in [-0.2, 0) is 11.3 Å². The summed E-state index contributed by atoms with van der Waals surface area (Å²) in [5.74, 6) is 0. The first-order valence-electron chi connectivity index (χ1n) is 6.38. The van der Waals surface area contributed by atoms with Gasteiger partial charge in [-0.15, -0.1) is 0 Å². The number of amides is 1. The standard InChI is InChI=1S/C13H16N3O4/c1-10-8-14-6-7-15(10)13(17)20-9-11-2-4-12(5-3-11)16(18)19/h2-5,10H,6-9H2,1H3. The van der Waals surface area contributed by atoms with Gasteiger partial charge in [-0.05, 0) is 24.6 Å². The minimum absolute atomic E-state index is 0.0198. The second kappa shape index (κ2) is 6.33. The van der Waals surface area contributed by atoms with Crippen LogP contribution >= 0.6 is 0 Å². The number of rotatable bonds is 3. The highest BCUT2D eigenvalue weighted by Gasteiger charge is 2.24. The number of piperazine rings is 1. The van der Waals surface area contributed by atoms with Crippen LogP contribution in [0.3, 0.4) is 0 Å². The second-order valence-corrected chi connectivity index (χ2v) is 4.65. The fraction of sp³-hybridized carbons (Fsp3) is 0.462. The van der Waals surface area contributed by atoms with E-state index in [4.69, 9.17) is 4.74 Å². The van der Waals surface area contributed by atoms with Crippen LogP contribution < -0.4 is 5.32 Å². The van der Waals surface area contributed by atoms with Gasteiger partial charge in [-0.25, -0.2) is 10.1 Å². The van der Waals surface area contributed by atoms with E-state index in [1.54, 1.807) is 17.0 Å². The molecule has 0 N–H and O–H groups in total. The van der Waals surface area contributed by atoms with Gasteiger partial charge in [0, 0.05) is 37.8 Å². The van der Waals surface area contributed by atoms with Gasteiger partial charge < -0.3 is 9.64 Å². The molecular weight excluding hydrogens is 262 g/mol. The van der Waals surface area contributed by atoms with Crippen LogP contribution in [0.25, 0.3) is 0 Å². The summed E-state index contributed by atoms with van der Waals surface area (Å²) < 4.78 is 5.21. The van der Waals surface area contributed by atoms with Crippen molar-refractivity contribution in [1.29, 1.82) is 0 Å². The van der Waals surface area contributed by atoms with Crippen molar-refractivity contribution >= 4 is 11.8 Å². The number of nitro benzene ring substituents is 1. The van der Waals surface area contributed by atoms with Gasteiger partial charge in [0.1, 0.15) is 6.61 Å². The van der Waals surface area contributed by atoms with Crippen LogP contribution in [0, 0.1) is 10.1 Å². The first-order valence-corrected chi connectivity index (χ1v) is 6.38. The van der Waals surface area contributed by atoms with Crippen LogP contribution in [0.2, 0.25) is 0 Å². The quantitative estimate of drug-likeness (QED) is 0.620. The van der Waals surface area contributed by atoms with Gasteiger partial charge in [-0.1, -0.05) is 0 Å². The van der Waals surface area contributed by atoms with E-state index < -0.39 is 4.92 Å². The Kier molecular flexibility index (Phi) is 4.52. The normalized spacial score (nSPS) is 18.6. The third-order valence-electron chi connectivity index (χ3n) is 3.17. The van der Waals surface area contributed by atoms with Crippen molar-refractivity contribution in [3.63, 3.8) is 0 Å². The number of non-ortho nitro benzene ring substituents is 1. The topological polar surface area (TPSA) is 86.8 Å². The molecule has 1 aromatic carbocycles. The van der Waals surface area contributed by atoms with E-state index in [1.807, 2.05) is 6.92 Å². The van der Waals surface area contributed by atoms with Crippen molar-refractivity contribution in [3.8, 4) is 0 Å². The van der Waals surface area contributed by atoms with Crippen LogP contribution in [0.15, 0.2) is 24.3 Å². The Balaban J connectivity index is 1.88. The maximum atomic E-state index is 11.9. The SMILES string of the molecule is CC1C[N]CCN1C(=O)OCc1ccc([N+](=O)[O-])cc1. The van der Waals surface area contributed by atoms with Gasteiger partial charge in [-0.2, -0.15) is 0 Å². The van der Waals surface area contributed by atoms with E-state index in [2.05, 4.69) is 5.32 Å². The fourth-order valence-corrected chi connectivity index (χ4v) is 1.99. The molecule has 107 valence electrons. The van der Waals surface area contributed by atoms with Crippen LogP contribution in [-0.4, -0.2) is 41.6 Å². The number of benzene rings is 1. The average molecular weight is 278 g/mol. The zero-order valence-corrected chi connectivity index (χ0v) is 11.2. The summed E-state index contributed by atoms with van der Waals surface area (Å²) in [6.45, 7) is 3.87. The Labute approximate surface area is 116 Å². The molecule has 1 heterocycles. The minimum atomic E-state index is -0.464. The minimum Gasteiger partial charge on any atom is -0.445 e. The smallest absolute Gasteiger partial charge is 0.410 e. The zero-order valence-electron chi connectivity index (χ0n) is 11.2. The Hall–Kier alpha value is -2.15. The fourth-order valence-electron chi connectivity index (χ4n) is 1.99. The number of ether oxygens (including phenoxy) is 1. The lowest BCUT2D eigenvalue weighted by molar-refractivity contribution is -0.384. The van der Waals surface area contributed by atoms with E-state index in [9.17, 15) is 14.9 Å². The summed E-state index contributed by atoms with van der Waals surface area (Å²) in [5.41, 5.74) is 0.740. The highest BCUT2D eigenvalue weighted by Crippen LogP contribution is 2.13. The van der Waals surface area contributed by atoms with E-state index in [-0.39, 0.29) is 24.4 Å². The second-order valence-electron chi connectivity index (χ2n) is 4.65. The average Bonchev–Trinajstić information content (AvgIpc) is 2.45. The largest absolute Gasteiger partial charge is 0.445 e. The molecule has 20 heavy (non-hydrogen) atoms. The molecule has 0 bridgehead atoms. The lowest BCUT2D eigenvalue weighted by Gasteiger charge is -2.32. The molecule has 1 aromatic rings. The predicted octanol–water partition coefficient (Wildman–Crippen LogP) is 1.54. The molecule has 1 fully saturated rings. The zero-order chi connectivity index (χ0) is 14.5. The third kappa shape index (κ3) is 3.45. The molecule has 0 aliphatic carbocycles. The molecule has 1 saturated heterocycles. The first-order chi connectivity index (χ1) is 9.58. The number of nitro groups is 1. The van der Waals surface area contributed by atoms with Crippen molar-refractivity contribution < 1.29 is 14.5 Å². The molecule has 1 amide bonds. The molecular formula is C13H16N3O4. The number of hydrogen-bond acceptors (Lipinski definition) is 4. The maximum Gasteiger partial charge on any atom is 0.410 e. The lowest BCUT2D eigenvalue weighted by atomic mass is 10.2. The summed E-state index contributed by atoms with van der Waals surface area (Å²) >= 11 is 0. The van der Waals surface area contributed by atoms with Gasteiger partial charge in [0.25, 0.3) is 5.69 Å². The van der Waals surface area contributed by atoms with Gasteiger partial charge >= 0.3 is 6.09 Å². The van der Waals surface area contributed by atoms with Crippen LogP contribution in [0.4, 0.5) is 10.5 Å². The molecule has 1 unspecified atom stereocenters. The van der Waals surface area contributed by atoms with E-state index in [0.717, 1.165) is 5.56 Å². The van der Waals surface area contributed by atoms with E-state index >= 15 is 0 Å². The first kappa shape index (κ1) is 14.3. The van der Waals surface area contributed by atoms with Crippen molar-refractivity contribution in [2.24, 2.45) is 0 Å². The molecule has 2 rings (SSSR count). The van der Waals surface area contributed by atoms with Crippen molar-refractivity contribution in [3.05, 3.63) is 39.9 Å². The molecule has 1 aliphatic heterocycles. The molecule has 1 atom stereocenters. The number of carbonyl (C=O) groups excluding carboxylic acids is 1. The molecule has 0 spiro atoms. The van der Waals surface area contributed by atoms with Crippen molar-refractivity contribution in [1.82, 2.24) is 10.2 Å². The van der Waals surface area contributed by atoms with Crippen LogP contribution in [0.5, 0.6) is 0 Å². The number of nitrogens with zero attached hydrogens (tertiary/aromatic N) is 3. The number of hydrogen-bond donors (Lipinski definition) is 0. The highest BCUT2D eigenvalue weighted by molar-refractivity contribution is 5.68. The number of carbonyl (C=O) groups is 1. The van der Waals surface area contributed by atoms with Crippen molar-refractivity contribution in [2.75, 3.05) is 19.6 Å². The van der Waals surface area contributed by atoms with Gasteiger partial charge in [-0.3, -0.25) is 10.1 Å². The molecule has 1 aliphatic rings. The van der Waals surface area contributed by atoms with E-state index in [1.165, 1.54) is 12.1 Å². The monoisotopic (exact) mass is 278 g/mol. The summed E-state index contributed by atoms with van der Waals surface area (Å²) in [7, 11) is 0. The summed E-state index contributed by atoms with van der Waals surface area (Å²) in [6.07, 6.45) is -0.370. The van der Waals surface area contributed by atoms with Gasteiger partial charge in [0.15, 0.2) is 0 Å². The summed E-state index contributed by atoms with van der Waals surface area (Å²) in [6, 6.07) is 6.01. The predicted molar refractivity (Wildman–Crippen MR) is 71.3 cm³/mol. The van der Waals surface area contributed by atoms with Crippen molar-refractivity contribution in [2.45, 2.75) is 19.6 Å².